The van der Waals surface area contributed by atoms with Crippen molar-refractivity contribution in [2.45, 2.75) is 82.8 Å². The third-order valence-electron chi connectivity index (χ3n) is 6.08. The predicted octanol–water partition coefficient (Wildman–Crippen LogP) is 1.46. The summed E-state index contributed by atoms with van der Waals surface area (Å²) >= 11 is 0. The fourth-order valence-corrected chi connectivity index (χ4v) is 3.90. The van der Waals surface area contributed by atoms with Gasteiger partial charge in [0, 0.05) is 38.9 Å². The molecule has 2 unspecified atom stereocenters. The third-order valence-corrected chi connectivity index (χ3v) is 6.08. The first kappa shape index (κ1) is 32.6. The van der Waals surface area contributed by atoms with Gasteiger partial charge in [-0.05, 0) is 38.5 Å². The molecule has 10 heteroatoms. The summed E-state index contributed by atoms with van der Waals surface area (Å²) in [5, 5.41) is 8.22. The van der Waals surface area contributed by atoms with Gasteiger partial charge in [0.2, 0.25) is 17.7 Å². The van der Waals surface area contributed by atoms with Crippen LogP contribution in [0.25, 0.3) is 0 Å². The summed E-state index contributed by atoms with van der Waals surface area (Å²) in [7, 11) is 0. The van der Waals surface area contributed by atoms with E-state index < -0.39 is 0 Å². The summed E-state index contributed by atoms with van der Waals surface area (Å²) in [4.78, 5) is 35.7. The molecule has 0 bridgehead atoms. The summed E-state index contributed by atoms with van der Waals surface area (Å²) < 4.78 is 22.0. The van der Waals surface area contributed by atoms with Gasteiger partial charge in [-0.25, -0.2) is 0 Å². The van der Waals surface area contributed by atoms with Gasteiger partial charge in [0.05, 0.1) is 26.4 Å². The summed E-state index contributed by atoms with van der Waals surface area (Å²) in [6.07, 6.45) is 10.1. The van der Waals surface area contributed by atoms with Crippen molar-refractivity contribution in [3.63, 3.8) is 0 Å². The zero-order chi connectivity index (χ0) is 27.8. The summed E-state index contributed by atoms with van der Waals surface area (Å²) in [5.74, 6) is 11.8. The zero-order valence-electron chi connectivity index (χ0n) is 23.2. The van der Waals surface area contributed by atoms with Crippen LogP contribution in [0.2, 0.25) is 0 Å². The van der Waals surface area contributed by atoms with Crippen LogP contribution in [0.5, 0.6) is 0 Å². The Bertz CT molecular complexity index is 843. The first-order valence-corrected chi connectivity index (χ1v) is 14.3. The van der Waals surface area contributed by atoms with Gasteiger partial charge < -0.3 is 34.9 Å². The van der Waals surface area contributed by atoms with Crippen molar-refractivity contribution in [2.75, 3.05) is 59.3 Å². The van der Waals surface area contributed by atoms with Crippen LogP contribution < -0.4 is 16.0 Å². The van der Waals surface area contributed by atoms with E-state index in [1.54, 1.807) is 0 Å². The number of nitrogens with one attached hydrogen (secondary N) is 3. The SMILES string of the molecule is O=C(CCOCCOCCNC(=O)COC1C#CCCCCC1)NCCNC(=O)COC1C#CCCCCC1. The van der Waals surface area contributed by atoms with Crippen LogP contribution in [0.15, 0.2) is 0 Å². The van der Waals surface area contributed by atoms with Crippen LogP contribution in [0, 0.1) is 23.7 Å². The first-order valence-electron chi connectivity index (χ1n) is 14.3. The van der Waals surface area contributed by atoms with Crippen molar-refractivity contribution >= 4 is 17.7 Å². The van der Waals surface area contributed by atoms with Gasteiger partial charge in [0.15, 0.2) is 0 Å². The van der Waals surface area contributed by atoms with Crippen LogP contribution in [0.3, 0.4) is 0 Å². The third kappa shape index (κ3) is 18.3. The minimum atomic E-state index is -0.218. The molecule has 2 atom stereocenters. The molecule has 0 heterocycles. The number of ether oxygens (including phenoxy) is 4. The Hall–Kier alpha value is -2.63. The van der Waals surface area contributed by atoms with Crippen molar-refractivity contribution in [2.24, 2.45) is 0 Å². The summed E-state index contributed by atoms with van der Waals surface area (Å²) in [5.41, 5.74) is 0. The lowest BCUT2D eigenvalue weighted by molar-refractivity contribution is -0.127. The molecule has 0 fully saturated rings. The van der Waals surface area contributed by atoms with E-state index in [4.69, 9.17) is 18.9 Å². The number of hydrogen-bond donors (Lipinski definition) is 3. The Morgan fingerprint density at radius 2 is 1.10 bits per heavy atom. The Kier molecular flexibility index (Phi) is 18.6. The fraction of sp³-hybridized carbons (Fsp3) is 0.759. The molecule has 10 nitrogen and oxygen atoms in total. The summed E-state index contributed by atoms with van der Waals surface area (Å²) in [6.45, 7) is 2.38. The van der Waals surface area contributed by atoms with Gasteiger partial charge in [0.1, 0.15) is 25.4 Å². The molecule has 0 aromatic carbocycles. The highest BCUT2D eigenvalue weighted by Crippen LogP contribution is 2.11. The maximum absolute atomic E-state index is 11.9. The van der Waals surface area contributed by atoms with Crippen LogP contribution >= 0.6 is 0 Å². The second-order valence-electron chi connectivity index (χ2n) is 9.46. The summed E-state index contributed by atoms with van der Waals surface area (Å²) in [6, 6.07) is 0. The van der Waals surface area contributed by atoms with Gasteiger partial charge in [-0.15, -0.1) is 11.8 Å². The molecule has 218 valence electrons. The lowest BCUT2D eigenvalue weighted by Crippen LogP contribution is -2.37. The molecule has 2 aliphatic carbocycles. The molecule has 0 aromatic heterocycles. The Morgan fingerprint density at radius 3 is 1.69 bits per heavy atom. The Balaban J connectivity index is 1.34. The molecule has 0 saturated heterocycles. The molecule has 2 rings (SSSR count). The first-order chi connectivity index (χ1) is 19.1. The van der Waals surface area contributed by atoms with Gasteiger partial charge in [-0.2, -0.15) is 0 Å². The van der Waals surface area contributed by atoms with Gasteiger partial charge in [-0.1, -0.05) is 24.7 Å². The molecule has 2 aliphatic rings. The van der Waals surface area contributed by atoms with Crippen molar-refractivity contribution < 1.29 is 33.3 Å². The second kappa shape index (κ2) is 22.2. The van der Waals surface area contributed by atoms with E-state index in [2.05, 4.69) is 39.6 Å². The van der Waals surface area contributed by atoms with Gasteiger partial charge >= 0.3 is 0 Å². The lowest BCUT2D eigenvalue weighted by Gasteiger charge is -2.14. The van der Waals surface area contributed by atoms with E-state index >= 15 is 0 Å². The molecule has 0 radical (unpaired) electrons. The van der Waals surface area contributed by atoms with Gasteiger partial charge in [-0.3, -0.25) is 14.4 Å². The monoisotopic (exact) mass is 547 g/mol. The van der Waals surface area contributed by atoms with Crippen molar-refractivity contribution in [1.82, 2.24) is 16.0 Å². The molecule has 0 aliphatic heterocycles. The standard InChI is InChI=1S/C29H45N3O7/c33-27(30-16-17-31-28(34)23-38-25-11-7-3-1-4-8-12-25)15-19-36-21-22-37-20-18-32-29(35)24-39-26-13-9-5-2-6-10-14-26/h25-26H,1-7,9,11,13,15-24H2,(H,30,33)(H,31,34)(H,32,35). The highest BCUT2D eigenvalue weighted by atomic mass is 16.5. The average Bonchev–Trinajstić information content (AvgIpc) is 2.89. The molecular weight excluding hydrogens is 502 g/mol. The maximum Gasteiger partial charge on any atom is 0.246 e. The van der Waals surface area contributed by atoms with Crippen LogP contribution in [0.1, 0.15) is 70.6 Å². The van der Waals surface area contributed by atoms with E-state index in [-0.39, 0.29) is 56.2 Å². The zero-order valence-corrected chi connectivity index (χ0v) is 23.2. The van der Waals surface area contributed by atoms with Crippen LogP contribution in [-0.2, 0) is 33.3 Å². The van der Waals surface area contributed by atoms with E-state index in [1.807, 2.05) is 0 Å². The topological polar surface area (TPSA) is 124 Å². The number of carbonyl (C=O) groups excluding carboxylic acids is 3. The Labute approximate surface area is 233 Å². The Morgan fingerprint density at radius 1 is 0.590 bits per heavy atom. The molecule has 0 aromatic rings. The van der Waals surface area contributed by atoms with Crippen molar-refractivity contribution in [3.8, 4) is 23.7 Å². The maximum atomic E-state index is 11.9. The van der Waals surface area contributed by atoms with Gasteiger partial charge in [0.25, 0.3) is 0 Å². The number of amides is 3. The van der Waals surface area contributed by atoms with E-state index in [0.717, 1.165) is 64.2 Å². The van der Waals surface area contributed by atoms with Crippen LogP contribution in [-0.4, -0.2) is 89.2 Å². The van der Waals surface area contributed by atoms with E-state index in [9.17, 15) is 14.4 Å². The quantitative estimate of drug-likeness (QED) is 0.175. The highest BCUT2D eigenvalue weighted by Gasteiger charge is 2.11. The number of hydrogen-bond acceptors (Lipinski definition) is 7. The highest BCUT2D eigenvalue weighted by molar-refractivity contribution is 5.78. The average molecular weight is 548 g/mol. The lowest BCUT2D eigenvalue weighted by atomic mass is 10.1. The number of carbonyl (C=O) groups is 3. The minimum Gasteiger partial charge on any atom is -0.379 e. The van der Waals surface area contributed by atoms with Crippen LogP contribution in [0.4, 0.5) is 0 Å². The minimum absolute atomic E-state index is 0.00135. The molecule has 3 amide bonds. The molecule has 0 spiro atoms. The largest absolute Gasteiger partial charge is 0.379 e. The van der Waals surface area contributed by atoms with Crippen molar-refractivity contribution in [1.29, 1.82) is 0 Å². The number of rotatable bonds is 18. The molecule has 3 N–H and O–H groups in total. The molecule has 0 saturated carbocycles. The normalized spacial score (nSPS) is 19.0. The van der Waals surface area contributed by atoms with E-state index in [1.165, 1.54) is 0 Å². The second-order valence-corrected chi connectivity index (χ2v) is 9.46. The van der Waals surface area contributed by atoms with E-state index in [0.29, 0.717) is 39.5 Å². The predicted molar refractivity (Wildman–Crippen MR) is 146 cm³/mol. The van der Waals surface area contributed by atoms with Crippen molar-refractivity contribution in [3.05, 3.63) is 0 Å². The molecule has 39 heavy (non-hydrogen) atoms. The molecular formula is C29H45N3O7. The smallest absolute Gasteiger partial charge is 0.246 e. The fourth-order valence-electron chi connectivity index (χ4n) is 3.90.